The molecule has 1 aliphatic carbocycles. The van der Waals surface area contributed by atoms with Gasteiger partial charge in [0.15, 0.2) is 0 Å². The van der Waals surface area contributed by atoms with Crippen LogP contribution < -0.4 is 16.2 Å². The van der Waals surface area contributed by atoms with Crippen LogP contribution in [-0.2, 0) is 16.1 Å². The van der Waals surface area contributed by atoms with Crippen LogP contribution in [-0.4, -0.2) is 31.9 Å². The van der Waals surface area contributed by atoms with Crippen molar-refractivity contribution in [2.75, 3.05) is 10.7 Å². The first-order valence-corrected chi connectivity index (χ1v) is 10.7. The third kappa shape index (κ3) is 5.30. The second-order valence-corrected chi connectivity index (χ2v) is 8.76. The van der Waals surface area contributed by atoms with Gasteiger partial charge in [-0.1, -0.05) is 6.07 Å². The predicted molar refractivity (Wildman–Crippen MR) is 120 cm³/mol. The Morgan fingerprint density at radius 3 is 2.50 bits per heavy atom. The van der Waals surface area contributed by atoms with Gasteiger partial charge in [-0.15, -0.1) is 0 Å². The van der Waals surface area contributed by atoms with Crippen molar-refractivity contribution < 1.29 is 18.0 Å². The molecule has 2 heterocycles. The maximum atomic E-state index is 14.8. The summed E-state index contributed by atoms with van der Waals surface area (Å²) in [7, 11) is 0. The van der Waals surface area contributed by atoms with E-state index in [1.807, 2.05) is 0 Å². The lowest BCUT2D eigenvalue weighted by atomic mass is 9.88. The van der Waals surface area contributed by atoms with Gasteiger partial charge in [-0.3, -0.25) is 15.2 Å². The minimum Gasteiger partial charge on any atom is -0.323 e. The number of halogens is 3. The first kappa shape index (κ1) is 23.6. The van der Waals surface area contributed by atoms with Crippen LogP contribution in [0.4, 0.5) is 24.8 Å². The van der Waals surface area contributed by atoms with Crippen molar-refractivity contribution in [2.45, 2.75) is 51.0 Å². The number of hydrogen-bond donors (Lipinski definition) is 3. The molecule has 2 aromatic heterocycles. The molecular weight excluding hydrogens is 447 g/mol. The second-order valence-electron chi connectivity index (χ2n) is 8.76. The van der Waals surface area contributed by atoms with E-state index in [1.165, 1.54) is 18.3 Å². The molecule has 0 radical (unpaired) electrons. The van der Waals surface area contributed by atoms with Gasteiger partial charge in [0, 0.05) is 24.7 Å². The van der Waals surface area contributed by atoms with Gasteiger partial charge in [0.25, 0.3) is 5.92 Å². The molecule has 1 aromatic carbocycles. The Morgan fingerprint density at radius 2 is 1.82 bits per heavy atom. The molecule has 3 aromatic rings. The van der Waals surface area contributed by atoms with Crippen molar-refractivity contribution in [1.29, 1.82) is 0 Å². The summed E-state index contributed by atoms with van der Waals surface area (Å²) in [6.45, 7) is 4.05. The molecule has 0 saturated heterocycles. The van der Waals surface area contributed by atoms with Crippen LogP contribution in [0, 0.1) is 5.82 Å². The number of aromatic nitrogens is 4. The summed E-state index contributed by atoms with van der Waals surface area (Å²) in [5.41, 5.74) is 5.13. The SMILES string of the molecule is CC(F)(F)c1cncc(-c2ccc(NC(=O)C(C)(C)c3ccnc(NNC4CC4)n3)c(F)c2)n1. The number of nitrogens with one attached hydrogen (secondary N) is 3. The fraction of sp³-hybridized carbons (Fsp3) is 0.348. The summed E-state index contributed by atoms with van der Waals surface area (Å²) in [5.74, 6) is -4.06. The Balaban J connectivity index is 1.50. The Morgan fingerprint density at radius 1 is 1.06 bits per heavy atom. The number of anilines is 2. The lowest BCUT2D eigenvalue weighted by Crippen LogP contribution is -2.36. The molecule has 11 heteroatoms. The summed E-state index contributed by atoms with van der Waals surface area (Å²) in [4.78, 5) is 29.2. The fourth-order valence-electron chi connectivity index (χ4n) is 3.05. The number of hydrogen-bond acceptors (Lipinski definition) is 7. The molecule has 1 saturated carbocycles. The molecule has 178 valence electrons. The van der Waals surface area contributed by atoms with Crippen LogP contribution in [0.15, 0.2) is 42.9 Å². The molecule has 4 rings (SSSR count). The third-order valence-electron chi connectivity index (χ3n) is 5.43. The Bertz CT molecular complexity index is 1210. The van der Waals surface area contributed by atoms with Crippen molar-refractivity contribution in [2.24, 2.45) is 0 Å². The molecule has 0 unspecified atom stereocenters. The van der Waals surface area contributed by atoms with Gasteiger partial charge in [0.2, 0.25) is 11.9 Å². The quantitative estimate of drug-likeness (QED) is 0.424. The van der Waals surface area contributed by atoms with Crippen LogP contribution in [0.5, 0.6) is 0 Å². The van der Waals surface area contributed by atoms with Crippen LogP contribution in [0.1, 0.15) is 45.0 Å². The van der Waals surface area contributed by atoms with E-state index in [1.54, 1.807) is 26.1 Å². The number of amides is 1. The topological polar surface area (TPSA) is 105 Å². The summed E-state index contributed by atoms with van der Waals surface area (Å²) in [6.07, 6.45) is 5.93. The summed E-state index contributed by atoms with van der Waals surface area (Å²) in [5, 5.41) is 2.58. The van der Waals surface area contributed by atoms with E-state index in [-0.39, 0.29) is 16.9 Å². The van der Waals surface area contributed by atoms with E-state index in [0.717, 1.165) is 25.1 Å². The van der Waals surface area contributed by atoms with Crippen molar-refractivity contribution in [1.82, 2.24) is 25.4 Å². The molecule has 34 heavy (non-hydrogen) atoms. The standard InChI is InChI=1S/C23H24F3N7O/c1-22(2,18-8-9-28-21(31-18)33-32-14-5-6-14)20(34)30-16-7-4-13(10-15(16)24)17-11-27-12-19(29-17)23(3,25)26/h4,7-12,14,32H,5-6H2,1-3H3,(H,30,34)(H,28,31,33). The third-order valence-corrected chi connectivity index (χ3v) is 5.43. The van der Waals surface area contributed by atoms with Crippen molar-refractivity contribution in [3.8, 4) is 11.3 Å². The minimum atomic E-state index is -3.18. The lowest BCUT2D eigenvalue weighted by Gasteiger charge is -2.23. The predicted octanol–water partition coefficient (Wildman–Crippen LogP) is 4.18. The normalized spacial score (nSPS) is 14.1. The van der Waals surface area contributed by atoms with E-state index in [9.17, 15) is 18.0 Å². The summed E-state index contributed by atoms with van der Waals surface area (Å²) < 4.78 is 41.9. The number of hydrazine groups is 1. The smallest absolute Gasteiger partial charge is 0.288 e. The molecule has 1 amide bonds. The maximum absolute atomic E-state index is 14.8. The average Bonchev–Trinajstić information content (AvgIpc) is 3.63. The first-order chi connectivity index (χ1) is 16.0. The number of benzene rings is 1. The van der Waals surface area contributed by atoms with Crippen LogP contribution in [0.2, 0.25) is 0 Å². The molecule has 0 spiro atoms. The van der Waals surface area contributed by atoms with E-state index >= 15 is 0 Å². The zero-order chi connectivity index (χ0) is 24.5. The Hall–Kier alpha value is -3.60. The van der Waals surface area contributed by atoms with Gasteiger partial charge in [-0.25, -0.2) is 24.8 Å². The first-order valence-electron chi connectivity index (χ1n) is 10.7. The number of alkyl halides is 2. The van der Waals surface area contributed by atoms with Gasteiger partial charge in [-0.05, 0) is 44.9 Å². The molecule has 3 N–H and O–H groups in total. The molecule has 0 bridgehead atoms. The monoisotopic (exact) mass is 471 g/mol. The van der Waals surface area contributed by atoms with Gasteiger partial charge in [-0.2, -0.15) is 8.78 Å². The zero-order valence-corrected chi connectivity index (χ0v) is 18.9. The second kappa shape index (κ2) is 8.98. The Kier molecular flexibility index (Phi) is 6.22. The average molecular weight is 471 g/mol. The molecular formula is C23H24F3N7O. The number of rotatable bonds is 8. The maximum Gasteiger partial charge on any atom is 0.288 e. The summed E-state index contributed by atoms with van der Waals surface area (Å²) >= 11 is 0. The van der Waals surface area contributed by atoms with Gasteiger partial charge in [0.05, 0.1) is 34.9 Å². The van der Waals surface area contributed by atoms with Crippen LogP contribution in [0.25, 0.3) is 11.3 Å². The van der Waals surface area contributed by atoms with E-state index < -0.39 is 28.8 Å². The molecule has 1 aliphatic rings. The number of carbonyl (C=O) groups excluding carboxylic acids is 1. The Labute approximate surface area is 194 Å². The largest absolute Gasteiger partial charge is 0.323 e. The van der Waals surface area contributed by atoms with Crippen LogP contribution >= 0.6 is 0 Å². The number of nitrogens with zero attached hydrogens (tertiary/aromatic N) is 4. The highest BCUT2D eigenvalue weighted by molar-refractivity contribution is 5.98. The highest BCUT2D eigenvalue weighted by Crippen LogP contribution is 2.29. The minimum absolute atomic E-state index is 0.0606. The summed E-state index contributed by atoms with van der Waals surface area (Å²) in [6, 6.07) is 5.95. The van der Waals surface area contributed by atoms with Gasteiger partial charge >= 0.3 is 0 Å². The van der Waals surface area contributed by atoms with Crippen LogP contribution in [0.3, 0.4) is 0 Å². The molecule has 1 fully saturated rings. The number of carbonyl (C=O) groups is 1. The zero-order valence-electron chi connectivity index (χ0n) is 18.9. The van der Waals surface area contributed by atoms with E-state index in [0.29, 0.717) is 24.6 Å². The lowest BCUT2D eigenvalue weighted by molar-refractivity contribution is -0.120. The molecule has 8 nitrogen and oxygen atoms in total. The van der Waals surface area contributed by atoms with Crippen molar-refractivity contribution >= 4 is 17.5 Å². The van der Waals surface area contributed by atoms with Crippen molar-refractivity contribution in [3.63, 3.8) is 0 Å². The highest BCUT2D eigenvalue weighted by atomic mass is 19.3. The highest BCUT2D eigenvalue weighted by Gasteiger charge is 2.33. The molecule has 0 atom stereocenters. The molecule has 0 aliphatic heterocycles. The van der Waals surface area contributed by atoms with Crippen molar-refractivity contribution in [3.05, 3.63) is 60.1 Å². The van der Waals surface area contributed by atoms with E-state index in [4.69, 9.17) is 0 Å². The van der Waals surface area contributed by atoms with Gasteiger partial charge in [0.1, 0.15) is 11.5 Å². The van der Waals surface area contributed by atoms with Gasteiger partial charge < -0.3 is 5.32 Å². The van der Waals surface area contributed by atoms with E-state index in [2.05, 4.69) is 36.1 Å². The fourth-order valence-corrected chi connectivity index (χ4v) is 3.05.